The maximum atomic E-state index is 14.4. The second-order valence-electron chi connectivity index (χ2n) is 10.1. The van der Waals surface area contributed by atoms with Gasteiger partial charge in [0.15, 0.2) is 0 Å². The van der Waals surface area contributed by atoms with Crippen LogP contribution in [0.15, 0.2) is 47.4 Å². The Morgan fingerprint density at radius 1 is 1.11 bits per heavy atom. The predicted molar refractivity (Wildman–Crippen MR) is 128 cm³/mol. The van der Waals surface area contributed by atoms with E-state index in [2.05, 4.69) is 0 Å². The summed E-state index contributed by atoms with van der Waals surface area (Å²) in [4.78, 5) is 14.2. The van der Waals surface area contributed by atoms with Gasteiger partial charge in [0.1, 0.15) is 17.2 Å². The summed E-state index contributed by atoms with van der Waals surface area (Å²) in [6.45, 7) is 2.10. The number of ether oxygens (including phenoxy) is 1. The van der Waals surface area contributed by atoms with Crippen LogP contribution in [0.5, 0.6) is 0 Å². The number of amides is 1. The molecule has 2 heterocycles. The quantitative estimate of drug-likeness (QED) is 0.636. The molecule has 0 bridgehead atoms. The molecule has 3 aliphatic rings. The number of benzene rings is 2. The number of β-amino-alcohol motifs (C(OH)–C–C–N with tert-alkyl or cyclic N) is 1. The summed E-state index contributed by atoms with van der Waals surface area (Å²) in [5.74, 6) is -1.11. The molecule has 1 amide bonds. The van der Waals surface area contributed by atoms with Gasteiger partial charge in [-0.3, -0.25) is 0 Å². The van der Waals surface area contributed by atoms with Gasteiger partial charge in [-0.05, 0) is 80.8 Å². The Labute approximate surface area is 209 Å². The van der Waals surface area contributed by atoms with Gasteiger partial charge >= 0.3 is 6.09 Å². The van der Waals surface area contributed by atoms with Crippen LogP contribution in [0.1, 0.15) is 55.7 Å². The molecule has 1 saturated carbocycles. The Bertz CT molecular complexity index is 1270. The lowest BCUT2D eigenvalue weighted by Crippen LogP contribution is -2.54. The van der Waals surface area contributed by atoms with E-state index in [-0.39, 0.29) is 11.4 Å². The van der Waals surface area contributed by atoms with Crippen LogP contribution in [0, 0.1) is 18.6 Å². The van der Waals surface area contributed by atoms with Crippen molar-refractivity contribution in [2.75, 3.05) is 13.1 Å². The van der Waals surface area contributed by atoms with E-state index in [1.807, 2.05) is 0 Å². The standard InChI is InChI=1S/C26H30F2N2O5S/c1-17-8-9-21(15-22(17)28)36(33,34)30-23(18-4-2-5-19(27)14-18)6-3-7-24(30)26(11-12-26)35-25(32)29-13-10-20(31)16-29/h2,4-5,8-9,14-15,20,23-24,31H,3,6-7,10-13,16H2,1H3/t20?,23-,24+/m0/s1. The van der Waals surface area contributed by atoms with Gasteiger partial charge in [-0.2, -0.15) is 4.31 Å². The highest BCUT2D eigenvalue weighted by Gasteiger charge is 2.60. The minimum atomic E-state index is -4.24. The zero-order valence-corrected chi connectivity index (χ0v) is 20.9. The number of halogens is 2. The van der Waals surface area contributed by atoms with Crippen LogP contribution in [-0.2, 0) is 14.8 Å². The third kappa shape index (κ3) is 4.62. The molecule has 0 aromatic heterocycles. The third-order valence-electron chi connectivity index (χ3n) is 7.58. The molecule has 1 N–H and O–H groups in total. The fourth-order valence-electron chi connectivity index (χ4n) is 5.46. The number of carbonyl (C=O) groups excluding carboxylic acids is 1. The van der Waals surface area contributed by atoms with Crippen molar-refractivity contribution in [3.05, 3.63) is 65.2 Å². The van der Waals surface area contributed by atoms with E-state index in [0.29, 0.717) is 56.2 Å². The summed E-state index contributed by atoms with van der Waals surface area (Å²) in [5, 5.41) is 9.81. The van der Waals surface area contributed by atoms with Crippen LogP contribution in [0.4, 0.5) is 13.6 Å². The molecule has 194 valence electrons. The number of aryl methyl sites for hydroxylation is 1. The second kappa shape index (κ2) is 9.39. The zero-order valence-electron chi connectivity index (χ0n) is 20.1. The van der Waals surface area contributed by atoms with Crippen molar-refractivity contribution in [2.24, 2.45) is 0 Å². The summed E-state index contributed by atoms with van der Waals surface area (Å²) < 4.78 is 64.0. The largest absolute Gasteiger partial charge is 0.441 e. The number of sulfonamides is 1. The molecular weight excluding hydrogens is 490 g/mol. The molecule has 36 heavy (non-hydrogen) atoms. The highest BCUT2D eigenvalue weighted by molar-refractivity contribution is 7.89. The second-order valence-corrected chi connectivity index (χ2v) is 11.9. The Morgan fingerprint density at radius 3 is 2.53 bits per heavy atom. The minimum absolute atomic E-state index is 0.177. The van der Waals surface area contributed by atoms with Gasteiger partial charge in [-0.15, -0.1) is 0 Å². The van der Waals surface area contributed by atoms with E-state index < -0.39 is 51.5 Å². The number of rotatable bonds is 5. The monoisotopic (exact) mass is 520 g/mol. The van der Waals surface area contributed by atoms with Crippen LogP contribution >= 0.6 is 0 Å². The van der Waals surface area contributed by atoms with Gasteiger partial charge in [-0.1, -0.05) is 18.2 Å². The summed E-state index contributed by atoms with van der Waals surface area (Å²) in [6, 6.07) is 8.26. The third-order valence-corrected chi connectivity index (χ3v) is 9.50. The van der Waals surface area contributed by atoms with Crippen molar-refractivity contribution >= 4 is 16.1 Å². The van der Waals surface area contributed by atoms with Gasteiger partial charge < -0.3 is 14.7 Å². The molecular formula is C26H30F2N2O5S. The fraction of sp³-hybridized carbons (Fsp3) is 0.500. The summed E-state index contributed by atoms with van der Waals surface area (Å²) >= 11 is 0. The van der Waals surface area contributed by atoms with E-state index in [4.69, 9.17) is 4.74 Å². The summed E-state index contributed by atoms with van der Waals surface area (Å²) in [5.41, 5.74) is -0.195. The molecule has 10 heteroatoms. The molecule has 0 radical (unpaired) electrons. The van der Waals surface area contributed by atoms with Crippen molar-refractivity contribution in [3.8, 4) is 0 Å². The maximum Gasteiger partial charge on any atom is 0.410 e. The molecule has 1 unspecified atom stereocenters. The van der Waals surface area contributed by atoms with E-state index in [9.17, 15) is 27.1 Å². The molecule has 2 aromatic rings. The first-order chi connectivity index (χ1) is 17.1. The lowest BCUT2D eigenvalue weighted by molar-refractivity contribution is -0.00720. The summed E-state index contributed by atoms with van der Waals surface area (Å²) in [6.07, 6.45) is 1.83. The van der Waals surface area contributed by atoms with Gasteiger partial charge in [-0.25, -0.2) is 22.0 Å². The van der Waals surface area contributed by atoms with E-state index in [1.54, 1.807) is 13.0 Å². The molecule has 0 spiro atoms. The smallest absolute Gasteiger partial charge is 0.410 e. The van der Waals surface area contributed by atoms with Crippen LogP contribution in [0.2, 0.25) is 0 Å². The molecule has 3 atom stereocenters. The highest BCUT2D eigenvalue weighted by Crippen LogP contribution is 2.52. The Balaban J connectivity index is 1.54. The first kappa shape index (κ1) is 25.1. The van der Waals surface area contributed by atoms with Gasteiger partial charge in [0, 0.05) is 13.1 Å². The number of hydrogen-bond acceptors (Lipinski definition) is 5. The van der Waals surface area contributed by atoms with Gasteiger partial charge in [0.05, 0.1) is 23.1 Å². The predicted octanol–water partition coefficient (Wildman–Crippen LogP) is 4.29. The molecule has 7 nitrogen and oxygen atoms in total. The average molecular weight is 521 g/mol. The Hall–Kier alpha value is -2.56. The molecule has 3 fully saturated rings. The number of carbonyl (C=O) groups is 1. The summed E-state index contributed by atoms with van der Waals surface area (Å²) in [7, 11) is -4.24. The first-order valence-corrected chi connectivity index (χ1v) is 13.8. The number of nitrogens with zero attached hydrogens (tertiary/aromatic N) is 2. The van der Waals surface area contributed by atoms with Gasteiger partial charge in [0.2, 0.25) is 10.0 Å². The van der Waals surface area contributed by atoms with Crippen molar-refractivity contribution in [1.29, 1.82) is 0 Å². The lowest BCUT2D eigenvalue weighted by Gasteiger charge is -2.44. The SMILES string of the molecule is Cc1ccc(S(=O)(=O)N2[C@H](c3cccc(F)c3)CCC[C@@H]2C2(OC(=O)N3CCC(O)C3)CC2)cc1F. The molecule has 2 saturated heterocycles. The van der Waals surface area contributed by atoms with Crippen LogP contribution in [0.3, 0.4) is 0 Å². The van der Waals surface area contributed by atoms with Crippen molar-refractivity contribution in [2.45, 2.75) is 74.1 Å². The molecule has 5 rings (SSSR count). The van der Waals surface area contributed by atoms with Crippen molar-refractivity contribution < 1.29 is 31.8 Å². The zero-order chi connectivity index (χ0) is 25.7. The highest BCUT2D eigenvalue weighted by atomic mass is 32.2. The van der Waals surface area contributed by atoms with Crippen LogP contribution in [0.25, 0.3) is 0 Å². The van der Waals surface area contributed by atoms with Crippen LogP contribution < -0.4 is 0 Å². The lowest BCUT2D eigenvalue weighted by atomic mass is 9.90. The van der Waals surface area contributed by atoms with E-state index in [1.165, 1.54) is 39.5 Å². The molecule has 1 aliphatic carbocycles. The average Bonchev–Trinajstić information content (AvgIpc) is 3.50. The molecule has 2 aliphatic heterocycles. The van der Waals surface area contributed by atoms with Gasteiger partial charge in [0.25, 0.3) is 0 Å². The number of likely N-dealkylation sites (tertiary alicyclic amines) is 1. The first-order valence-electron chi connectivity index (χ1n) is 12.3. The van der Waals surface area contributed by atoms with Crippen molar-refractivity contribution in [3.63, 3.8) is 0 Å². The normalized spacial score (nSPS) is 26.1. The Kier molecular flexibility index (Phi) is 6.55. The number of aliphatic hydroxyl groups is 1. The maximum absolute atomic E-state index is 14.4. The fourth-order valence-corrected chi connectivity index (χ4v) is 7.39. The van der Waals surface area contributed by atoms with E-state index >= 15 is 0 Å². The topological polar surface area (TPSA) is 87.2 Å². The van der Waals surface area contributed by atoms with E-state index in [0.717, 1.165) is 6.07 Å². The number of hydrogen-bond donors (Lipinski definition) is 1. The molecule has 2 aromatic carbocycles. The number of piperidine rings is 1. The minimum Gasteiger partial charge on any atom is -0.441 e. The Morgan fingerprint density at radius 2 is 1.89 bits per heavy atom. The van der Waals surface area contributed by atoms with Crippen molar-refractivity contribution in [1.82, 2.24) is 9.21 Å². The van der Waals surface area contributed by atoms with Crippen LogP contribution in [-0.4, -0.2) is 59.7 Å². The number of aliphatic hydroxyl groups excluding tert-OH is 1.